The number of hydrogen-bond acceptors (Lipinski definition) is 3. The van der Waals surface area contributed by atoms with Gasteiger partial charge in [0.25, 0.3) is 5.91 Å². The highest BCUT2D eigenvalue weighted by Crippen LogP contribution is 2.51. The Balaban J connectivity index is 1.65. The number of carboxylic acids is 1. The first-order chi connectivity index (χ1) is 11.9. The Morgan fingerprint density at radius 3 is 2.60 bits per heavy atom. The molecule has 2 N–H and O–H groups in total. The van der Waals surface area contributed by atoms with Crippen molar-refractivity contribution in [1.29, 1.82) is 0 Å². The lowest BCUT2D eigenvalue weighted by Crippen LogP contribution is -2.46. The van der Waals surface area contributed by atoms with E-state index in [2.05, 4.69) is 5.32 Å². The van der Waals surface area contributed by atoms with Crippen LogP contribution < -0.4 is 10.1 Å². The lowest BCUT2D eigenvalue weighted by Gasteiger charge is -2.16. The molecule has 0 radical (unpaired) electrons. The second-order valence-corrected chi connectivity index (χ2v) is 6.55. The fraction of sp³-hybridized carbons (Fsp3) is 0.300. The van der Waals surface area contributed by atoms with Crippen molar-refractivity contribution in [2.75, 3.05) is 6.61 Å². The third-order valence-corrected chi connectivity index (χ3v) is 4.61. The Labute approximate surface area is 146 Å². The van der Waals surface area contributed by atoms with Crippen molar-refractivity contribution in [3.05, 3.63) is 65.2 Å². The Kier molecular flexibility index (Phi) is 4.49. The lowest BCUT2D eigenvalue weighted by molar-refractivity contribution is -0.143. The fourth-order valence-electron chi connectivity index (χ4n) is 3.07. The zero-order valence-corrected chi connectivity index (χ0v) is 14.3. The summed E-state index contributed by atoms with van der Waals surface area (Å²) in [5.74, 6) is -1.02. The summed E-state index contributed by atoms with van der Waals surface area (Å²) in [6.07, 6.45) is 0.390. The van der Waals surface area contributed by atoms with E-state index in [0.717, 1.165) is 16.7 Å². The van der Waals surface area contributed by atoms with E-state index in [9.17, 15) is 14.7 Å². The number of hydrogen-bond donors (Lipinski definition) is 2. The number of aliphatic carboxylic acids is 1. The smallest absolute Gasteiger partial charge is 0.330 e. The summed E-state index contributed by atoms with van der Waals surface area (Å²) >= 11 is 0. The molecule has 0 aromatic heterocycles. The molecule has 2 atom stereocenters. The van der Waals surface area contributed by atoms with E-state index >= 15 is 0 Å². The first-order valence-corrected chi connectivity index (χ1v) is 8.22. The zero-order chi connectivity index (χ0) is 18.0. The van der Waals surface area contributed by atoms with Crippen LogP contribution in [-0.4, -0.2) is 29.1 Å². The number of benzene rings is 2. The lowest BCUT2D eigenvalue weighted by atomic mass is 10.1. The minimum absolute atomic E-state index is 0.208. The van der Waals surface area contributed by atoms with Crippen LogP contribution >= 0.6 is 0 Å². The van der Waals surface area contributed by atoms with Crippen LogP contribution in [0.5, 0.6) is 5.75 Å². The highest BCUT2D eigenvalue weighted by molar-refractivity contribution is 5.92. The van der Waals surface area contributed by atoms with Crippen LogP contribution in [0, 0.1) is 13.8 Å². The number of ether oxygens (including phenoxy) is 1. The minimum atomic E-state index is -1.23. The van der Waals surface area contributed by atoms with Crippen LogP contribution in [0.2, 0.25) is 0 Å². The predicted octanol–water partition coefficient (Wildman–Crippen LogP) is 2.81. The Bertz CT molecular complexity index is 803. The monoisotopic (exact) mass is 339 g/mol. The quantitative estimate of drug-likeness (QED) is 0.848. The average molecular weight is 339 g/mol. The molecule has 1 saturated carbocycles. The molecular weight excluding hydrogens is 318 g/mol. The van der Waals surface area contributed by atoms with Crippen molar-refractivity contribution < 1.29 is 19.4 Å². The molecule has 0 spiro atoms. The maximum Gasteiger partial charge on any atom is 0.330 e. The van der Waals surface area contributed by atoms with Gasteiger partial charge in [0.15, 0.2) is 6.61 Å². The van der Waals surface area contributed by atoms with Crippen LogP contribution in [0.15, 0.2) is 48.5 Å². The van der Waals surface area contributed by atoms with Crippen molar-refractivity contribution in [1.82, 2.24) is 5.32 Å². The average Bonchev–Trinajstić information content (AvgIpc) is 3.32. The maximum absolute atomic E-state index is 12.3. The summed E-state index contributed by atoms with van der Waals surface area (Å²) in [6.45, 7) is 3.64. The van der Waals surface area contributed by atoms with Gasteiger partial charge in [0.2, 0.25) is 0 Å². The Morgan fingerprint density at radius 2 is 1.92 bits per heavy atom. The molecule has 2 aromatic rings. The second kappa shape index (κ2) is 6.59. The highest BCUT2D eigenvalue weighted by atomic mass is 16.5. The topological polar surface area (TPSA) is 75.6 Å². The van der Waals surface area contributed by atoms with Crippen molar-refractivity contribution in [2.45, 2.75) is 31.7 Å². The largest absolute Gasteiger partial charge is 0.483 e. The van der Waals surface area contributed by atoms with Gasteiger partial charge < -0.3 is 15.2 Å². The molecule has 1 aliphatic rings. The summed E-state index contributed by atoms with van der Waals surface area (Å²) in [5.41, 5.74) is 1.65. The SMILES string of the molecule is Cc1ccc(C)c(OCC(=O)NC2(C(=O)O)CC2c2ccccc2)c1. The molecule has 0 heterocycles. The number of carbonyl (C=O) groups excluding carboxylic acids is 1. The van der Waals surface area contributed by atoms with Gasteiger partial charge in [-0.25, -0.2) is 4.79 Å². The zero-order valence-electron chi connectivity index (χ0n) is 14.3. The number of rotatable bonds is 6. The summed E-state index contributed by atoms with van der Waals surface area (Å²) in [5, 5.41) is 12.3. The van der Waals surface area contributed by atoms with Gasteiger partial charge in [-0.15, -0.1) is 0 Å². The van der Waals surface area contributed by atoms with Gasteiger partial charge in [-0.3, -0.25) is 4.79 Å². The molecule has 0 aliphatic heterocycles. The molecule has 25 heavy (non-hydrogen) atoms. The maximum atomic E-state index is 12.3. The van der Waals surface area contributed by atoms with Gasteiger partial charge in [-0.2, -0.15) is 0 Å². The van der Waals surface area contributed by atoms with E-state index in [1.54, 1.807) is 0 Å². The van der Waals surface area contributed by atoms with Crippen LogP contribution in [0.1, 0.15) is 29.0 Å². The first kappa shape index (κ1) is 17.0. The normalized spacial score (nSPS) is 21.4. The molecular formula is C20H21NO4. The van der Waals surface area contributed by atoms with Crippen molar-refractivity contribution in [2.24, 2.45) is 0 Å². The number of carbonyl (C=O) groups is 2. The molecule has 0 bridgehead atoms. The van der Waals surface area contributed by atoms with E-state index < -0.39 is 17.4 Å². The van der Waals surface area contributed by atoms with E-state index in [1.807, 2.05) is 62.4 Å². The standard InChI is InChI=1S/C20H21NO4/c1-13-8-9-14(2)17(10-13)25-12-18(22)21-20(19(23)24)11-16(20)15-6-4-3-5-7-15/h3-10,16H,11-12H2,1-2H3,(H,21,22)(H,23,24). The Hall–Kier alpha value is -2.82. The summed E-state index contributed by atoms with van der Waals surface area (Å²) in [4.78, 5) is 24.0. The molecule has 1 aliphatic carbocycles. The fourth-order valence-corrected chi connectivity index (χ4v) is 3.07. The van der Waals surface area contributed by atoms with Crippen LogP contribution in [0.3, 0.4) is 0 Å². The summed E-state index contributed by atoms with van der Waals surface area (Å²) in [7, 11) is 0. The van der Waals surface area contributed by atoms with E-state index in [-0.39, 0.29) is 12.5 Å². The molecule has 5 heteroatoms. The molecule has 2 aromatic carbocycles. The third-order valence-electron chi connectivity index (χ3n) is 4.61. The summed E-state index contributed by atoms with van der Waals surface area (Å²) < 4.78 is 5.57. The Morgan fingerprint density at radius 1 is 1.20 bits per heavy atom. The van der Waals surface area contributed by atoms with E-state index in [4.69, 9.17) is 4.74 Å². The first-order valence-electron chi connectivity index (χ1n) is 8.22. The second-order valence-electron chi connectivity index (χ2n) is 6.55. The molecule has 5 nitrogen and oxygen atoms in total. The molecule has 0 saturated heterocycles. The van der Waals surface area contributed by atoms with Gasteiger partial charge in [-0.1, -0.05) is 42.5 Å². The number of nitrogens with one attached hydrogen (secondary N) is 1. The molecule has 1 amide bonds. The van der Waals surface area contributed by atoms with Gasteiger partial charge >= 0.3 is 5.97 Å². The number of amides is 1. The van der Waals surface area contributed by atoms with Gasteiger partial charge in [0.1, 0.15) is 11.3 Å². The summed E-state index contributed by atoms with van der Waals surface area (Å²) in [6, 6.07) is 15.1. The molecule has 3 rings (SSSR count). The van der Waals surface area contributed by atoms with Gasteiger partial charge in [0, 0.05) is 5.92 Å². The molecule has 1 fully saturated rings. The number of aryl methyl sites for hydroxylation is 2. The molecule has 2 unspecified atom stereocenters. The van der Waals surface area contributed by atoms with Crippen molar-refractivity contribution in [3.63, 3.8) is 0 Å². The third kappa shape index (κ3) is 3.50. The van der Waals surface area contributed by atoms with Crippen molar-refractivity contribution in [3.8, 4) is 5.75 Å². The number of carboxylic acid groups (broad SMARTS) is 1. The van der Waals surface area contributed by atoms with Gasteiger partial charge in [0.05, 0.1) is 0 Å². The van der Waals surface area contributed by atoms with E-state index in [0.29, 0.717) is 12.2 Å². The van der Waals surface area contributed by atoms with Gasteiger partial charge in [-0.05, 0) is 43.0 Å². The molecule has 130 valence electrons. The van der Waals surface area contributed by atoms with Crippen molar-refractivity contribution >= 4 is 11.9 Å². The predicted molar refractivity (Wildman–Crippen MR) is 93.7 cm³/mol. The highest BCUT2D eigenvalue weighted by Gasteiger charge is 2.62. The van der Waals surface area contributed by atoms with Crippen LogP contribution in [-0.2, 0) is 9.59 Å². The van der Waals surface area contributed by atoms with Crippen LogP contribution in [0.4, 0.5) is 0 Å². The van der Waals surface area contributed by atoms with Crippen LogP contribution in [0.25, 0.3) is 0 Å². The van der Waals surface area contributed by atoms with E-state index in [1.165, 1.54) is 0 Å². The minimum Gasteiger partial charge on any atom is -0.483 e.